The molecule has 4 rings (SSSR count). The number of amides is 1. The summed E-state index contributed by atoms with van der Waals surface area (Å²) in [7, 11) is 0. The molecule has 0 fully saturated rings. The molecule has 0 atom stereocenters. The van der Waals surface area contributed by atoms with Crippen LogP contribution in [0, 0.1) is 6.92 Å². The van der Waals surface area contributed by atoms with E-state index in [9.17, 15) is 14.4 Å². The Morgan fingerprint density at radius 2 is 1.89 bits per heavy atom. The van der Waals surface area contributed by atoms with Crippen LogP contribution < -0.4 is 16.2 Å². The lowest BCUT2D eigenvalue weighted by atomic mass is 10.1. The molecule has 0 saturated heterocycles. The number of nitrogens with one attached hydrogen (secondary N) is 3. The van der Waals surface area contributed by atoms with E-state index in [4.69, 9.17) is 0 Å². The Bertz CT molecular complexity index is 1460. The number of rotatable bonds is 9. The maximum Gasteiger partial charge on any atom is 0.275 e. The molecule has 0 saturated carbocycles. The number of nitrogens with zero attached hydrogens (tertiary/aromatic N) is 2. The molecule has 1 amide bonds. The Labute approximate surface area is 206 Å². The fraction of sp³-hybridized carbons (Fsp3) is 0.269. The van der Waals surface area contributed by atoms with Crippen molar-refractivity contribution in [1.29, 1.82) is 0 Å². The smallest absolute Gasteiger partial charge is 0.275 e. The number of fused-ring (bicyclic) bond motifs is 1. The fourth-order valence-electron chi connectivity index (χ4n) is 3.63. The highest BCUT2D eigenvalue weighted by atomic mass is 32.1. The van der Waals surface area contributed by atoms with Crippen molar-refractivity contribution in [2.24, 2.45) is 0 Å². The first-order chi connectivity index (χ1) is 16.9. The van der Waals surface area contributed by atoms with Crippen molar-refractivity contribution < 1.29 is 9.59 Å². The van der Waals surface area contributed by atoms with Gasteiger partial charge >= 0.3 is 0 Å². The van der Waals surface area contributed by atoms with Crippen LogP contribution in [0.2, 0.25) is 0 Å². The minimum atomic E-state index is -0.406. The van der Waals surface area contributed by atoms with E-state index in [1.807, 2.05) is 6.92 Å². The number of hydrogen-bond donors (Lipinski definition) is 3. The van der Waals surface area contributed by atoms with Crippen molar-refractivity contribution in [3.63, 3.8) is 0 Å². The average Bonchev–Trinajstić information content (AvgIpc) is 3.23. The largest absolute Gasteiger partial charge is 0.361 e. The number of aromatic nitrogens is 3. The van der Waals surface area contributed by atoms with Gasteiger partial charge in [0, 0.05) is 24.1 Å². The molecule has 35 heavy (non-hydrogen) atoms. The number of thiazole rings is 1. The third-order valence-electron chi connectivity index (χ3n) is 5.54. The highest BCUT2D eigenvalue weighted by Crippen LogP contribution is 2.28. The predicted octanol–water partition coefficient (Wildman–Crippen LogP) is 5.15. The molecule has 180 valence electrons. The summed E-state index contributed by atoms with van der Waals surface area (Å²) in [5.41, 5.74) is 2.96. The van der Waals surface area contributed by atoms with Crippen LogP contribution in [0.1, 0.15) is 54.0 Å². The summed E-state index contributed by atoms with van der Waals surface area (Å²) in [5, 5.41) is 6.81. The van der Waals surface area contributed by atoms with Gasteiger partial charge in [0.05, 0.1) is 27.3 Å². The summed E-state index contributed by atoms with van der Waals surface area (Å²) in [6.07, 6.45) is 2.43. The number of hydrogen-bond acceptors (Lipinski definition) is 7. The molecular formula is C26H27N5O3S. The minimum absolute atomic E-state index is 0.150. The third kappa shape index (κ3) is 5.30. The summed E-state index contributed by atoms with van der Waals surface area (Å²) in [5.74, 6) is -0.303. The van der Waals surface area contributed by atoms with Gasteiger partial charge in [0.2, 0.25) is 11.7 Å². The van der Waals surface area contributed by atoms with Gasteiger partial charge in [-0.3, -0.25) is 14.4 Å². The van der Waals surface area contributed by atoms with E-state index in [0.717, 1.165) is 24.5 Å². The van der Waals surface area contributed by atoms with Crippen LogP contribution in [0.15, 0.2) is 47.3 Å². The van der Waals surface area contributed by atoms with Crippen LogP contribution in [0.3, 0.4) is 0 Å². The highest BCUT2D eigenvalue weighted by Gasteiger charge is 2.19. The maximum absolute atomic E-state index is 13.2. The topological polar surface area (TPSA) is 117 Å². The van der Waals surface area contributed by atoms with E-state index in [1.54, 1.807) is 49.4 Å². The molecular weight excluding hydrogens is 462 g/mol. The molecule has 4 aromatic rings. The molecule has 9 heteroatoms. The summed E-state index contributed by atoms with van der Waals surface area (Å²) in [6.45, 7) is 6.51. The number of unbranched alkanes of at least 4 members (excludes halogenated alkanes) is 1. The van der Waals surface area contributed by atoms with E-state index >= 15 is 0 Å². The zero-order valence-corrected chi connectivity index (χ0v) is 20.7. The Morgan fingerprint density at radius 3 is 2.66 bits per heavy atom. The van der Waals surface area contributed by atoms with Gasteiger partial charge in [-0.05, 0) is 37.6 Å². The number of aromatic amines is 1. The number of benzene rings is 2. The number of carbonyl (C=O) groups excluding carboxylic acids is 2. The van der Waals surface area contributed by atoms with Crippen molar-refractivity contribution in [2.45, 2.75) is 40.0 Å². The Morgan fingerprint density at radius 1 is 1.09 bits per heavy atom. The molecule has 8 nitrogen and oxygen atoms in total. The second kappa shape index (κ2) is 10.6. The van der Waals surface area contributed by atoms with Gasteiger partial charge in [-0.2, -0.15) is 0 Å². The Hall–Kier alpha value is -3.85. The van der Waals surface area contributed by atoms with E-state index < -0.39 is 5.56 Å². The van der Waals surface area contributed by atoms with Crippen molar-refractivity contribution >= 4 is 44.9 Å². The van der Waals surface area contributed by atoms with Crippen LogP contribution in [0.4, 0.5) is 10.8 Å². The monoisotopic (exact) mass is 489 g/mol. The normalized spacial score (nSPS) is 10.9. The van der Waals surface area contributed by atoms with Crippen LogP contribution in [0.25, 0.3) is 22.3 Å². The zero-order chi connectivity index (χ0) is 24.9. The molecule has 0 unspecified atom stereocenters. The van der Waals surface area contributed by atoms with Crippen LogP contribution in [0.5, 0.6) is 0 Å². The molecule has 0 aliphatic rings. The fourth-order valence-corrected chi connectivity index (χ4v) is 4.59. The number of para-hydroxylation sites is 1. The predicted molar refractivity (Wildman–Crippen MR) is 140 cm³/mol. The van der Waals surface area contributed by atoms with Gasteiger partial charge in [-0.25, -0.2) is 9.97 Å². The maximum atomic E-state index is 13.2. The molecule has 0 aliphatic carbocycles. The van der Waals surface area contributed by atoms with Gasteiger partial charge in [0.15, 0.2) is 5.13 Å². The first-order valence-electron chi connectivity index (χ1n) is 11.6. The Balaban J connectivity index is 1.66. The summed E-state index contributed by atoms with van der Waals surface area (Å²) in [4.78, 5) is 50.5. The molecule has 3 N–H and O–H groups in total. The molecule has 0 aliphatic heterocycles. The molecule has 2 aromatic carbocycles. The quantitative estimate of drug-likeness (QED) is 0.221. The van der Waals surface area contributed by atoms with Gasteiger partial charge < -0.3 is 15.6 Å². The standard InChI is InChI=1S/C26H27N5O3S/c1-4-6-13-27-26-28-15(3)24(35-26)23(33)16-11-12-19-20(14-16)31-25(34)22(30-19)17-9-7-8-10-18(17)29-21(32)5-2/h7-12,14H,4-6,13H2,1-3H3,(H,27,28)(H,29,32)(H,31,34). The number of carbonyl (C=O) groups is 2. The first kappa shape index (κ1) is 24.3. The van der Waals surface area contributed by atoms with E-state index in [-0.39, 0.29) is 17.4 Å². The number of ketones is 1. The molecule has 0 spiro atoms. The van der Waals surface area contributed by atoms with Gasteiger partial charge in [-0.1, -0.05) is 49.8 Å². The van der Waals surface area contributed by atoms with Gasteiger partial charge in [0.1, 0.15) is 5.69 Å². The molecule has 0 bridgehead atoms. The van der Waals surface area contributed by atoms with Crippen molar-refractivity contribution in [3.8, 4) is 11.3 Å². The van der Waals surface area contributed by atoms with Gasteiger partial charge in [-0.15, -0.1) is 0 Å². The van der Waals surface area contributed by atoms with Crippen molar-refractivity contribution in [1.82, 2.24) is 15.0 Å². The molecule has 2 aromatic heterocycles. The second-order valence-corrected chi connectivity index (χ2v) is 9.14. The van der Waals surface area contributed by atoms with Gasteiger partial charge in [0.25, 0.3) is 5.56 Å². The number of H-pyrrole nitrogens is 1. The van der Waals surface area contributed by atoms with Crippen LogP contribution >= 0.6 is 11.3 Å². The second-order valence-electron chi connectivity index (χ2n) is 8.14. The van der Waals surface area contributed by atoms with E-state index in [1.165, 1.54) is 11.3 Å². The van der Waals surface area contributed by atoms with Crippen LogP contribution in [-0.2, 0) is 4.79 Å². The summed E-state index contributed by atoms with van der Waals surface area (Å²) >= 11 is 1.34. The first-order valence-corrected chi connectivity index (χ1v) is 12.4. The highest BCUT2D eigenvalue weighted by molar-refractivity contribution is 7.17. The van der Waals surface area contributed by atoms with E-state index in [2.05, 4.69) is 32.5 Å². The summed E-state index contributed by atoms with van der Waals surface area (Å²) in [6, 6.07) is 12.1. The lowest BCUT2D eigenvalue weighted by Gasteiger charge is -2.10. The molecule has 2 heterocycles. The SMILES string of the molecule is CCCCNc1nc(C)c(C(=O)c2ccc3nc(-c4ccccc4NC(=O)CC)c(=O)[nH]c3c2)s1. The summed E-state index contributed by atoms with van der Waals surface area (Å²) < 4.78 is 0. The van der Waals surface area contributed by atoms with Crippen molar-refractivity contribution in [3.05, 3.63) is 69.0 Å². The third-order valence-corrected chi connectivity index (χ3v) is 6.65. The number of aryl methyl sites for hydroxylation is 1. The zero-order valence-electron chi connectivity index (χ0n) is 19.9. The number of anilines is 2. The molecule has 0 radical (unpaired) electrons. The van der Waals surface area contributed by atoms with Crippen LogP contribution in [-0.4, -0.2) is 33.2 Å². The minimum Gasteiger partial charge on any atom is -0.361 e. The lowest BCUT2D eigenvalue weighted by molar-refractivity contribution is -0.115. The lowest BCUT2D eigenvalue weighted by Crippen LogP contribution is -2.15. The van der Waals surface area contributed by atoms with E-state index in [0.29, 0.717) is 44.8 Å². The Kier molecular flexibility index (Phi) is 7.36. The average molecular weight is 490 g/mol. The van der Waals surface area contributed by atoms with Crippen molar-refractivity contribution in [2.75, 3.05) is 17.2 Å².